The number of hydrogen-bond acceptors (Lipinski definition) is 5. The van der Waals surface area contributed by atoms with Crippen molar-refractivity contribution in [3.63, 3.8) is 0 Å². The highest BCUT2D eigenvalue weighted by Crippen LogP contribution is 2.37. The van der Waals surface area contributed by atoms with E-state index in [4.69, 9.17) is 14.7 Å². The Kier molecular flexibility index (Phi) is 6.64. The molecule has 0 spiro atoms. The van der Waals surface area contributed by atoms with Gasteiger partial charge in [0.05, 0.1) is 37.2 Å². The van der Waals surface area contributed by atoms with Gasteiger partial charge in [0.15, 0.2) is 0 Å². The SMILES string of the molecule is CCn1ccc(Cc2ncc3c(n2)-c2c(cn(C)c2Cc2cccc(-c4cnn(CCOC)c4)c2)CC3)n1. The molecule has 0 unspecified atom stereocenters. The molecule has 38 heavy (non-hydrogen) atoms. The molecule has 1 aliphatic rings. The van der Waals surface area contributed by atoms with Crippen LogP contribution in [0.3, 0.4) is 0 Å². The van der Waals surface area contributed by atoms with Gasteiger partial charge in [0, 0.05) is 68.7 Å². The number of ether oxygens (including phenoxy) is 1. The van der Waals surface area contributed by atoms with Crippen LogP contribution in [-0.4, -0.2) is 47.8 Å². The van der Waals surface area contributed by atoms with E-state index in [1.54, 1.807) is 7.11 Å². The van der Waals surface area contributed by atoms with Crippen LogP contribution < -0.4 is 0 Å². The van der Waals surface area contributed by atoms with E-state index in [1.807, 2.05) is 28.0 Å². The van der Waals surface area contributed by atoms with Gasteiger partial charge in [-0.1, -0.05) is 24.3 Å². The van der Waals surface area contributed by atoms with Crippen molar-refractivity contribution >= 4 is 0 Å². The first-order valence-electron chi connectivity index (χ1n) is 13.3. The third kappa shape index (κ3) is 4.79. The average Bonchev–Trinajstić information content (AvgIpc) is 3.67. The number of nitrogens with zero attached hydrogens (tertiary/aromatic N) is 7. The van der Waals surface area contributed by atoms with Crippen molar-refractivity contribution in [3.05, 3.63) is 95.2 Å². The largest absolute Gasteiger partial charge is 0.383 e. The van der Waals surface area contributed by atoms with E-state index in [1.165, 1.54) is 33.5 Å². The van der Waals surface area contributed by atoms with Gasteiger partial charge >= 0.3 is 0 Å². The monoisotopic (exact) mass is 507 g/mol. The summed E-state index contributed by atoms with van der Waals surface area (Å²) in [5.41, 5.74) is 10.8. The fourth-order valence-corrected chi connectivity index (χ4v) is 5.34. The Bertz CT molecular complexity index is 1580. The molecule has 0 aliphatic heterocycles. The van der Waals surface area contributed by atoms with Crippen LogP contribution in [0.1, 0.15) is 40.8 Å². The van der Waals surface area contributed by atoms with Gasteiger partial charge in [-0.3, -0.25) is 9.36 Å². The Morgan fingerprint density at radius 3 is 2.71 bits per heavy atom. The molecule has 0 fully saturated rings. The number of hydrogen-bond donors (Lipinski definition) is 0. The summed E-state index contributed by atoms with van der Waals surface area (Å²) >= 11 is 0. The summed E-state index contributed by atoms with van der Waals surface area (Å²) in [5.74, 6) is 0.820. The lowest BCUT2D eigenvalue weighted by Gasteiger charge is -2.18. The third-order valence-corrected chi connectivity index (χ3v) is 7.35. The van der Waals surface area contributed by atoms with E-state index in [0.29, 0.717) is 13.0 Å². The van der Waals surface area contributed by atoms with E-state index < -0.39 is 0 Å². The molecule has 4 heterocycles. The molecule has 4 aromatic heterocycles. The molecule has 8 nitrogen and oxygen atoms in total. The second-order valence-corrected chi connectivity index (χ2v) is 9.95. The number of fused-ring (bicyclic) bond motifs is 3. The molecule has 0 saturated carbocycles. The van der Waals surface area contributed by atoms with Crippen molar-refractivity contribution in [1.82, 2.24) is 34.1 Å². The molecule has 5 aromatic rings. The molecule has 0 N–H and O–H groups in total. The maximum absolute atomic E-state index is 5.19. The fraction of sp³-hybridized carbons (Fsp3) is 0.333. The maximum Gasteiger partial charge on any atom is 0.134 e. The van der Waals surface area contributed by atoms with Crippen LogP contribution >= 0.6 is 0 Å². The molecule has 194 valence electrons. The van der Waals surface area contributed by atoms with Crippen LogP contribution in [-0.2, 0) is 50.6 Å². The Balaban J connectivity index is 1.30. The van der Waals surface area contributed by atoms with Gasteiger partial charge in [-0.15, -0.1) is 0 Å². The topological polar surface area (TPSA) is 75.6 Å². The summed E-state index contributed by atoms with van der Waals surface area (Å²) in [5, 5.41) is 9.12. The number of aromatic nitrogens is 7. The number of rotatable bonds is 9. The van der Waals surface area contributed by atoms with E-state index in [-0.39, 0.29) is 0 Å². The Hall–Kier alpha value is -4.04. The van der Waals surface area contributed by atoms with Crippen LogP contribution in [0.4, 0.5) is 0 Å². The first-order valence-corrected chi connectivity index (χ1v) is 13.3. The predicted molar refractivity (Wildman–Crippen MR) is 147 cm³/mol. The summed E-state index contributed by atoms with van der Waals surface area (Å²) in [7, 11) is 3.86. The normalized spacial score (nSPS) is 12.5. The van der Waals surface area contributed by atoms with Gasteiger partial charge in [0.1, 0.15) is 5.82 Å². The third-order valence-electron chi connectivity index (χ3n) is 7.35. The highest BCUT2D eigenvalue weighted by molar-refractivity contribution is 5.73. The van der Waals surface area contributed by atoms with Gasteiger partial charge in [0.2, 0.25) is 0 Å². The molecule has 0 saturated heterocycles. The second-order valence-electron chi connectivity index (χ2n) is 9.95. The maximum atomic E-state index is 5.19. The van der Waals surface area contributed by atoms with Crippen molar-refractivity contribution in [1.29, 1.82) is 0 Å². The van der Waals surface area contributed by atoms with Gasteiger partial charge in [-0.05, 0) is 48.1 Å². The molecule has 1 aromatic carbocycles. The summed E-state index contributed by atoms with van der Waals surface area (Å²) in [4.78, 5) is 9.80. The Morgan fingerprint density at radius 2 is 1.87 bits per heavy atom. The minimum atomic E-state index is 0.637. The quantitative estimate of drug-likeness (QED) is 0.294. The van der Waals surface area contributed by atoms with Crippen LogP contribution in [0.25, 0.3) is 22.4 Å². The van der Waals surface area contributed by atoms with Crippen LogP contribution in [0.5, 0.6) is 0 Å². The predicted octanol–water partition coefficient (Wildman–Crippen LogP) is 4.49. The molecule has 0 radical (unpaired) electrons. The first kappa shape index (κ1) is 24.3. The lowest BCUT2D eigenvalue weighted by atomic mass is 9.90. The van der Waals surface area contributed by atoms with E-state index in [9.17, 15) is 0 Å². The summed E-state index contributed by atoms with van der Waals surface area (Å²) < 4.78 is 11.3. The van der Waals surface area contributed by atoms with Crippen molar-refractivity contribution in [3.8, 4) is 22.4 Å². The second kappa shape index (κ2) is 10.4. The van der Waals surface area contributed by atoms with E-state index in [0.717, 1.165) is 55.1 Å². The molecule has 1 aliphatic carbocycles. The molecule has 6 rings (SSSR count). The molecule has 0 amide bonds. The zero-order chi connectivity index (χ0) is 26.1. The zero-order valence-corrected chi connectivity index (χ0v) is 22.3. The average molecular weight is 508 g/mol. The first-order chi connectivity index (χ1) is 18.6. The van der Waals surface area contributed by atoms with Gasteiger partial charge in [-0.25, -0.2) is 9.97 Å². The highest BCUT2D eigenvalue weighted by atomic mass is 16.5. The molecule has 8 heteroatoms. The number of methoxy groups -OCH3 is 1. The minimum Gasteiger partial charge on any atom is -0.383 e. The van der Waals surface area contributed by atoms with Gasteiger partial charge in [0.25, 0.3) is 0 Å². The van der Waals surface area contributed by atoms with E-state index >= 15 is 0 Å². The standard InChI is InChI=1S/C30H33N7O/c1-4-36-11-10-26(34-36)16-28-31-17-23-8-9-24-19-35(2)27(29(24)30(23)33-28)15-21-6-5-7-22(14-21)25-18-32-37(20-25)12-13-38-3/h5-7,10-11,14,17-20H,4,8-9,12-13,15-16H2,1-3H3. The van der Waals surface area contributed by atoms with E-state index in [2.05, 4.69) is 71.5 Å². The van der Waals surface area contributed by atoms with Gasteiger partial charge in [-0.2, -0.15) is 10.2 Å². The smallest absolute Gasteiger partial charge is 0.134 e. The van der Waals surface area contributed by atoms with Crippen LogP contribution in [0, 0.1) is 0 Å². The summed E-state index contributed by atoms with van der Waals surface area (Å²) in [6.07, 6.45) is 13.8. The number of aryl methyl sites for hydroxylation is 4. The lowest BCUT2D eigenvalue weighted by molar-refractivity contribution is 0.183. The Labute approximate surface area is 222 Å². The molecular weight excluding hydrogens is 474 g/mol. The minimum absolute atomic E-state index is 0.637. The van der Waals surface area contributed by atoms with Crippen molar-refractivity contribution in [2.45, 2.75) is 45.7 Å². The Morgan fingerprint density at radius 1 is 0.974 bits per heavy atom. The van der Waals surface area contributed by atoms with Crippen LogP contribution in [0.15, 0.2) is 61.3 Å². The van der Waals surface area contributed by atoms with Crippen molar-refractivity contribution < 1.29 is 4.74 Å². The fourth-order valence-electron chi connectivity index (χ4n) is 5.34. The van der Waals surface area contributed by atoms with Crippen LogP contribution in [0.2, 0.25) is 0 Å². The lowest BCUT2D eigenvalue weighted by Crippen LogP contribution is -2.10. The zero-order valence-electron chi connectivity index (χ0n) is 22.3. The molecule has 0 bridgehead atoms. The summed E-state index contributed by atoms with van der Waals surface area (Å²) in [6.45, 7) is 4.35. The van der Waals surface area contributed by atoms with Crippen molar-refractivity contribution in [2.24, 2.45) is 7.05 Å². The molecule has 0 atom stereocenters. The van der Waals surface area contributed by atoms with Gasteiger partial charge < -0.3 is 9.30 Å². The number of benzene rings is 1. The molecular formula is C30H33N7O. The summed E-state index contributed by atoms with van der Waals surface area (Å²) in [6, 6.07) is 10.8. The highest BCUT2D eigenvalue weighted by Gasteiger charge is 2.25. The van der Waals surface area contributed by atoms with Crippen molar-refractivity contribution in [2.75, 3.05) is 13.7 Å².